The van der Waals surface area contributed by atoms with Crippen LogP contribution in [0.2, 0.25) is 0 Å². The summed E-state index contributed by atoms with van der Waals surface area (Å²) in [7, 11) is 0. The summed E-state index contributed by atoms with van der Waals surface area (Å²) in [6.45, 7) is 6.66. The van der Waals surface area contributed by atoms with Crippen LogP contribution in [0.15, 0.2) is 23.3 Å². The fourth-order valence-electron chi connectivity index (χ4n) is 5.05. The van der Waals surface area contributed by atoms with E-state index >= 15 is 0 Å². The van der Waals surface area contributed by atoms with Gasteiger partial charge in [0.2, 0.25) is 5.95 Å². The molecule has 178 valence electrons. The summed E-state index contributed by atoms with van der Waals surface area (Å²) >= 11 is 0. The van der Waals surface area contributed by atoms with Crippen molar-refractivity contribution in [1.82, 2.24) is 24.8 Å². The number of nitrogens with one attached hydrogen (secondary N) is 2. The maximum Gasteiger partial charge on any atom is 0.263 e. The molecule has 2 fully saturated rings. The van der Waals surface area contributed by atoms with Gasteiger partial charge in [-0.1, -0.05) is 12.8 Å². The first-order chi connectivity index (χ1) is 16.4. The van der Waals surface area contributed by atoms with Crippen LogP contribution in [0.3, 0.4) is 0 Å². The molecule has 1 aliphatic heterocycles. The molecule has 0 radical (unpaired) electrons. The Labute approximate surface area is 197 Å². The Morgan fingerprint density at radius 3 is 2.59 bits per heavy atom. The van der Waals surface area contributed by atoms with Gasteiger partial charge in [-0.25, -0.2) is 9.97 Å². The monoisotopic (exact) mass is 463 g/mol. The Kier molecular flexibility index (Phi) is 5.91. The van der Waals surface area contributed by atoms with E-state index in [1.165, 1.54) is 6.92 Å². The molecule has 10 heteroatoms. The number of ketones is 1. The van der Waals surface area contributed by atoms with Crippen molar-refractivity contribution < 1.29 is 9.90 Å². The number of pyridine rings is 2. The number of fused-ring (bicyclic) bond motifs is 1. The molecule has 10 nitrogen and oxygen atoms in total. The molecule has 5 rings (SSSR count). The molecule has 0 aromatic carbocycles. The smallest absolute Gasteiger partial charge is 0.263 e. The molecule has 1 saturated heterocycles. The predicted molar refractivity (Wildman–Crippen MR) is 130 cm³/mol. The first-order valence-electron chi connectivity index (χ1n) is 11.8. The van der Waals surface area contributed by atoms with E-state index in [0.29, 0.717) is 16.6 Å². The Hall–Kier alpha value is -3.53. The molecule has 4 heterocycles. The zero-order valence-corrected chi connectivity index (χ0v) is 19.5. The standard InChI is InChI=1S/C24H29N7O3/c1-14-18-13-27-24(28-21-19(33)11-17(12-26-21)30-9-7-25-8-10-30)29-22(18)31(16-5-3-4-6-16)23(34)20(14)15(2)32/h11-13,16,25,33H,3-10H2,1-2H3,(H,26,27,28,29). The van der Waals surface area contributed by atoms with Gasteiger partial charge in [0, 0.05) is 49.9 Å². The van der Waals surface area contributed by atoms with E-state index in [0.717, 1.165) is 57.5 Å². The van der Waals surface area contributed by atoms with Gasteiger partial charge in [-0.2, -0.15) is 4.98 Å². The van der Waals surface area contributed by atoms with Crippen LogP contribution in [-0.2, 0) is 0 Å². The van der Waals surface area contributed by atoms with Gasteiger partial charge >= 0.3 is 0 Å². The highest BCUT2D eigenvalue weighted by atomic mass is 16.3. The molecule has 0 unspecified atom stereocenters. The van der Waals surface area contributed by atoms with Crippen molar-refractivity contribution >= 4 is 34.3 Å². The van der Waals surface area contributed by atoms with Crippen LogP contribution in [0.5, 0.6) is 5.75 Å². The van der Waals surface area contributed by atoms with E-state index in [1.54, 1.807) is 30.0 Å². The molecule has 2 aliphatic rings. The molecule has 0 atom stereocenters. The van der Waals surface area contributed by atoms with E-state index < -0.39 is 0 Å². The van der Waals surface area contributed by atoms with E-state index in [1.807, 2.05) is 0 Å². The number of anilines is 3. The second-order valence-electron chi connectivity index (χ2n) is 9.02. The van der Waals surface area contributed by atoms with Crippen molar-refractivity contribution in [3.05, 3.63) is 39.9 Å². The van der Waals surface area contributed by atoms with E-state index in [-0.39, 0.29) is 40.5 Å². The van der Waals surface area contributed by atoms with Crippen LogP contribution < -0.4 is 21.1 Å². The van der Waals surface area contributed by atoms with Gasteiger partial charge in [0.25, 0.3) is 5.56 Å². The third-order valence-electron chi connectivity index (χ3n) is 6.82. The van der Waals surface area contributed by atoms with Crippen LogP contribution in [0.4, 0.5) is 17.5 Å². The minimum absolute atomic E-state index is 0.00120. The Morgan fingerprint density at radius 2 is 1.91 bits per heavy atom. The molecule has 3 aromatic heterocycles. The second kappa shape index (κ2) is 9.02. The largest absolute Gasteiger partial charge is 0.504 e. The van der Waals surface area contributed by atoms with Gasteiger partial charge in [0.05, 0.1) is 17.4 Å². The molecule has 0 spiro atoms. The second-order valence-corrected chi connectivity index (χ2v) is 9.02. The van der Waals surface area contributed by atoms with Crippen molar-refractivity contribution in [2.24, 2.45) is 0 Å². The van der Waals surface area contributed by atoms with Crippen molar-refractivity contribution in [2.45, 2.75) is 45.6 Å². The zero-order valence-electron chi connectivity index (χ0n) is 19.5. The number of rotatable bonds is 5. The summed E-state index contributed by atoms with van der Waals surface area (Å²) in [5, 5.41) is 17.6. The Morgan fingerprint density at radius 1 is 1.18 bits per heavy atom. The minimum Gasteiger partial charge on any atom is -0.504 e. The molecule has 1 saturated carbocycles. The first kappa shape index (κ1) is 22.3. The summed E-state index contributed by atoms with van der Waals surface area (Å²) in [5.74, 6) is 0.212. The molecule has 3 N–H and O–H groups in total. The lowest BCUT2D eigenvalue weighted by Crippen LogP contribution is -2.43. The van der Waals surface area contributed by atoms with Gasteiger partial charge in [-0.15, -0.1) is 0 Å². The van der Waals surface area contributed by atoms with E-state index in [4.69, 9.17) is 0 Å². The van der Waals surface area contributed by atoms with Crippen LogP contribution in [0, 0.1) is 6.92 Å². The minimum atomic E-state index is -0.296. The lowest BCUT2D eigenvalue weighted by atomic mass is 10.0. The summed E-state index contributed by atoms with van der Waals surface area (Å²) < 4.78 is 1.67. The highest BCUT2D eigenvalue weighted by Gasteiger charge is 2.26. The molecule has 0 amide bonds. The highest BCUT2D eigenvalue weighted by molar-refractivity contribution is 5.99. The normalized spacial score (nSPS) is 16.8. The number of hydrogen-bond donors (Lipinski definition) is 3. The van der Waals surface area contributed by atoms with Crippen molar-refractivity contribution in [2.75, 3.05) is 36.4 Å². The van der Waals surface area contributed by atoms with Gasteiger partial charge in [0.1, 0.15) is 5.65 Å². The number of aryl methyl sites for hydroxylation is 1. The fourth-order valence-corrected chi connectivity index (χ4v) is 5.05. The van der Waals surface area contributed by atoms with Gasteiger partial charge in [-0.05, 0) is 32.3 Å². The molecule has 34 heavy (non-hydrogen) atoms. The topological polar surface area (TPSA) is 125 Å². The number of hydrogen-bond acceptors (Lipinski definition) is 9. The number of Topliss-reactive ketones (excluding diaryl/α,β-unsaturated/α-hetero) is 1. The Bertz CT molecular complexity index is 1310. The average Bonchev–Trinajstić information content (AvgIpc) is 3.35. The first-order valence-corrected chi connectivity index (χ1v) is 11.8. The van der Waals surface area contributed by atoms with Gasteiger partial charge < -0.3 is 20.6 Å². The summed E-state index contributed by atoms with van der Waals surface area (Å²) in [4.78, 5) is 41.2. The summed E-state index contributed by atoms with van der Waals surface area (Å²) in [6, 6.07) is 1.68. The molecule has 1 aliphatic carbocycles. The maximum absolute atomic E-state index is 13.3. The Balaban J connectivity index is 1.54. The molecule has 0 bridgehead atoms. The maximum atomic E-state index is 13.3. The lowest BCUT2D eigenvalue weighted by Gasteiger charge is -2.29. The number of piperazine rings is 1. The lowest BCUT2D eigenvalue weighted by molar-refractivity contribution is 0.101. The number of carbonyl (C=O) groups excluding carboxylic acids is 1. The SMILES string of the molecule is CC(=O)c1c(C)c2cnc(Nc3ncc(N4CCNCC4)cc3O)nc2n(C2CCCC2)c1=O. The highest BCUT2D eigenvalue weighted by Crippen LogP contribution is 2.33. The van der Waals surface area contributed by atoms with E-state index in [2.05, 4.69) is 30.5 Å². The van der Waals surface area contributed by atoms with Crippen LogP contribution in [0.25, 0.3) is 11.0 Å². The number of carbonyl (C=O) groups is 1. The van der Waals surface area contributed by atoms with Crippen LogP contribution >= 0.6 is 0 Å². The third-order valence-corrected chi connectivity index (χ3v) is 6.82. The number of aromatic hydroxyl groups is 1. The molecule has 3 aromatic rings. The molecular formula is C24H29N7O3. The fraction of sp³-hybridized carbons (Fsp3) is 0.458. The summed E-state index contributed by atoms with van der Waals surface area (Å²) in [5.41, 5.74) is 1.84. The van der Waals surface area contributed by atoms with Gasteiger partial charge in [-0.3, -0.25) is 14.2 Å². The average molecular weight is 464 g/mol. The van der Waals surface area contributed by atoms with Crippen LogP contribution in [0.1, 0.15) is 54.6 Å². The third kappa shape index (κ3) is 3.98. The van der Waals surface area contributed by atoms with Crippen molar-refractivity contribution in [3.8, 4) is 5.75 Å². The zero-order chi connectivity index (χ0) is 23.8. The predicted octanol–water partition coefficient (Wildman–Crippen LogP) is 2.67. The van der Waals surface area contributed by atoms with Crippen LogP contribution in [-0.4, -0.2) is 56.6 Å². The van der Waals surface area contributed by atoms with Gasteiger partial charge in [0.15, 0.2) is 17.4 Å². The number of aromatic nitrogens is 4. The van der Waals surface area contributed by atoms with Crippen molar-refractivity contribution in [3.63, 3.8) is 0 Å². The van der Waals surface area contributed by atoms with Crippen molar-refractivity contribution in [1.29, 1.82) is 0 Å². The van der Waals surface area contributed by atoms with E-state index in [9.17, 15) is 14.7 Å². The summed E-state index contributed by atoms with van der Waals surface area (Å²) in [6.07, 6.45) is 7.16. The quantitative estimate of drug-likeness (QED) is 0.490. The number of nitrogens with zero attached hydrogens (tertiary/aromatic N) is 5. The molecular weight excluding hydrogens is 434 g/mol.